The molecule has 1 aromatic carbocycles. The van der Waals surface area contributed by atoms with Crippen molar-refractivity contribution in [2.75, 3.05) is 5.32 Å². The average Bonchev–Trinajstić information content (AvgIpc) is 2.76. The smallest absolute Gasteiger partial charge is 0.321 e. The maximum absolute atomic E-state index is 13.0. The van der Waals surface area contributed by atoms with Gasteiger partial charge in [-0.1, -0.05) is 11.6 Å². The van der Waals surface area contributed by atoms with E-state index in [1.54, 1.807) is 0 Å². The highest BCUT2D eigenvalue weighted by Crippen LogP contribution is 2.29. The molecule has 0 bridgehead atoms. The van der Waals surface area contributed by atoms with Crippen LogP contribution in [0.4, 0.5) is 23.2 Å². The summed E-state index contributed by atoms with van der Waals surface area (Å²) >= 11 is 5.54. The Bertz CT molecular complexity index is 696. The summed E-state index contributed by atoms with van der Waals surface area (Å²) in [5.74, 6) is -1.53. The molecule has 2 rings (SSSR count). The van der Waals surface area contributed by atoms with Crippen LogP contribution in [0.25, 0.3) is 0 Å². The number of hydrogen-bond donors (Lipinski definition) is 1. The zero-order valence-corrected chi connectivity index (χ0v) is 11.3. The van der Waals surface area contributed by atoms with Crippen LogP contribution >= 0.6 is 11.6 Å². The van der Waals surface area contributed by atoms with E-state index in [1.165, 1.54) is 6.07 Å². The molecular formula is C12H8ClF4N3O. The number of rotatable bonds is 2. The highest BCUT2D eigenvalue weighted by molar-refractivity contribution is 6.31. The molecule has 0 aliphatic heterocycles. The van der Waals surface area contributed by atoms with Gasteiger partial charge in [-0.3, -0.25) is 9.48 Å². The second-order valence-corrected chi connectivity index (χ2v) is 4.53. The predicted octanol–water partition coefficient (Wildman–Crippen LogP) is 3.48. The Labute approximate surface area is 121 Å². The Morgan fingerprint density at radius 1 is 1.33 bits per heavy atom. The lowest BCUT2D eigenvalue weighted by Gasteiger charge is -2.04. The number of carbonyl (C=O) groups excluding carboxylic acids is 1. The Balaban J connectivity index is 2.23. The van der Waals surface area contributed by atoms with Gasteiger partial charge in [-0.05, 0) is 18.2 Å². The minimum atomic E-state index is -4.61. The standard InChI is InChI=1S/C12H8ClF4N3O/c1-20-10(12(15,16)17)5-9(19-20)11(21)18-6-2-3-8(14)7(13)4-6/h2-5H,1H3,(H,18,21). The van der Waals surface area contributed by atoms with Gasteiger partial charge in [0.1, 0.15) is 11.5 Å². The van der Waals surface area contributed by atoms with Gasteiger partial charge in [0.15, 0.2) is 5.69 Å². The van der Waals surface area contributed by atoms with Crippen molar-refractivity contribution in [1.29, 1.82) is 0 Å². The molecule has 2 aromatic rings. The van der Waals surface area contributed by atoms with Crippen LogP contribution in [0, 0.1) is 5.82 Å². The summed E-state index contributed by atoms with van der Waals surface area (Å²) in [7, 11) is 1.08. The molecule has 4 nitrogen and oxygen atoms in total. The van der Waals surface area contributed by atoms with Gasteiger partial charge in [-0.25, -0.2) is 4.39 Å². The van der Waals surface area contributed by atoms with Crippen molar-refractivity contribution in [2.24, 2.45) is 7.05 Å². The molecule has 0 radical (unpaired) electrons. The number of benzene rings is 1. The molecule has 0 spiro atoms. The monoisotopic (exact) mass is 321 g/mol. The van der Waals surface area contributed by atoms with Gasteiger partial charge in [0.2, 0.25) is 0 Å². The van der Waals surface area contributed by atoms with Crippen LogP contribution in [-0.4, -0.2) is 15.7 Å². The quantitative estimate of drug-likeness (QED) is 0.861. The molecule has 0 saturated carbocycles. The number of carbonyl (C=O) groups is 1. The molecule has 1 amide bonds. The van der Waals surface area contributed by atoms with Crippen molar-refractivity contribution in [3.05, 3.63) is 46.5 Å². The van der Waals surface area contributed by atoms with E-state index in [0.717, 1.165) is 19.2 Å². The summed E-state index contributed by atoms with van der Waals surface area (Å²) in [4.78, 5) is 11.8. The van der Waals surface area contributed by atoms with Crippen molar-refractivity contribution in [3.63, 3.8) is 0 Å². The highest BCUT2D eigenvalue weighted by Gasteiger charge is 2.35. The van der Waals surface area contributed by atoms with Crippen molar-refractivity contribution < 1.29 is 22.4 Å². The topological polar surface area (TPSA) is 46.9 Å². The largest absolute Gasteiger partial charge is 0.433 e. The maximum Gasteiger partial charge on any atom is 0.433 e. The first-order valence-electron chi connectivity index (χ1n) is 5.56. The van der Waals surface area contributed by atoms with Crippen LogP contribution < -0.4 is 5.32 Å². The number of alkyl halides is 3. The number of halogens is 5. The van der Waals surface area contributed by atoms with Crippen LogP contribution in [0.1, 0.15) is 16.2 Å². The van der Waals surface area contributed by atoms with Gasteiger partial charge in [0.05, 0.1) is 5.02 Å². The van der Waals surface area contributed by atoms with E-state index in [9.17, 15) is 22.4 Å². The average molecular weight is 322 g/mol. The normalized spacial score (nSPS) is 11.5. The summed E-state index contributed by atoms with van der Waals surface area (Å²) in [6.07, 6.45) is -4.61. The number of hydrogen-bond acceptors (Lipinski definition) is 2. The first-order valence-corrected chi connectivity index (χ1v) is 5.94. The molecule has 0 unspecified atom stereocenters. The van der Waals surface area contributed by atoms with Gasteiger partial charge in [0.25, 0.3) is 5.91 Å². The molecule has 21 heavy (non-hydrogen) atoms. The number of nitrogens with zero attached hydrogens (tertiary/aromatic N) is 2. The third-order valence-electron chi connectivity index (χ3n) is 2.58. The number of aromatic nitrogens is 2. The van der Waals surface area contributed by atoms with Crippen molar-refractivity contribution in [1.82, 2.24) is 9.78 Å². The van der Waals surface area contributed by atoms with Gasteiger partial charge in [0, 0.05) is 18.8 Å². The molecule has 9 heteroatoms. The molecule has 112 valence electrons. The van der Waals surface area contributed by atoms with E-state index in [2.05, 4.69) is 10.4 Å². The van der Waals surface area contributed by atoms with E-state index in [4.69, 9.17) is 11.6 Å². The third kappa shape index (κ3) is 3.33. The van der Waals surface area contributed by atoms with Crippen LogP contribution in [0.2, 0.25) is 5.02 Å². The Morgan fingerprint density at radius 2 is 2.00 bits per heavy atom. The fourth-order valence-corrected chi connectivity index (χ4v) is 1.79. The van der Waals surface area contributed by atoms with Gasteiger partial charge in [-0.15, -0.1) is 0 Å². The van der Waals surface area contributed by atoms with Crippen molar-refractivity contribution in [2.45, 2.75) is 6.18 Å². The number of nitrogens with one attached hydrogen (secondary N) is 1. The summed E-state index contributed by atoms with van der Waals surface area (Å²) < 4.78 is 51.3. The minimum absolute atomic E-state index is 0.144. The molecule has 0 saturated heterocycles. The molecule has 0 aliphatic carbocycles. The maximum atomic E-state index is 13.0. The second kappa shape index (κ2) is 5.36. The number of anilines is 1. The fourth-order valence-electron chi connectivity index (χ4n) is 1.61. The Hall–Kier alpha value is -2.09. The van der Waals surface area contributed by atoms with E-state index in [-0.39, 0.29) is 10.7 Å². The number of amides is 1. The first kappa shape index (κ1) is 15.3. The molecule has 1 aromatic heterocycles. The Kier molecular flexibility index (Phi) is 3.91. The summed E-state index contributed by atoms with van der Waals surface area (Å²) in [5.41, 5.74) is -1.32. The molecule has 0 aliphatic rings. The van der Waals surface area contributed by atoms with E-state index in [1.807, 2.05) is 0 Å². The summed E-state index contributed by atoms with van der Waals surface area (Å²) in [6.45, 7) is 0. The van der Waals surface area contributed by atoms with Gasteiger partial charge in [-0.2, -0.15) is 18.3 Å². The van der Waals surface area contributed by atoms with E-state index >= 15 is 0 Å². The summed E-state index contributed by atoms with van der Waals surface area (Å²) in [6, 6.07) is 4.02. The van der Waals surface area contributed by atoms with Crippen LogP contribution in [-0.2, 0) is 13.2 Å². The number of aryl methyl sites for hydroxylation is 1. The highest BCUT2D eigenvalue weighted by atomic mass is 35.5. The summed E-state index contributed by atoms with van der Waals surface area (Å²) in [5, 5.41) is 5.56. The molecular weight excluding hydrogens is 314 g/mol. The van der Waals surface area contributed by atoms with E-state index < -0.39 is 29.3 Å². The van der Waals surface area contributed by atoms with Crippen LogP contribution in [0.5, 0.6) is 0 Å². The van der Waals surface area contributed by atoms with E-state index in [0.29, 0.717) is 10.7 Å². The first-order chi connectivity index (χ1) is 9.68. The van der Waals surface area contributed by atoms with Crippen molar-refractivity contribution in [3.8, 4) is 0 Å². The molecule has 0 atom stereocenters. The lowest BCUT2D eigenvalue weighted by molar-refractivity contribution is -0.143. The molecule has 0 fully saturated rings. The SMILES string of the molecule is Cn1nc(C(=O)Nc2ccc(F)c(Cl)c2)cc1C(F)(F)F. The lowest BCUT2D eigenvalue weighted by Crippen LogP contribution is -2.13. The third-order valence-corrected chi connectivity index (χ3v) is 2.87. The zero-order chi connectivity index (χ0) is 15.8. The predicted molar refractivity (Wildman–Crippen MR) is 67.6 cm³/mol. The van der Waals surface area contributed by atoms with Crippen LogP contribution in [0.3, 0.4) is 0 Å². The molecule has 1 N–H and O–H groups in total. The van der Waals surface area contributed by atoms with Crippen molar-refractivity contribution >= 4 is 23.2 Å². The van der Waals surface area contributed by atoms with Crippen LogP contribution in [0.15, 0.2) is 24.3 Å². The van der Waals surface area contributed by atoms with Gasteiger partial charge >= 0.3 is 6.18 Å². The minimum Gasteiger partial charge on any atom is -0.321 e. The molecule has 1 heterocycles. The lowest BCUT2D eigenvalue weighted by atomic mass is 10.3. The Morgan fingerprint density at radius 3 is 2.52 bits per heavy atom. The fraction of sp³-hybridized carbons (Fsp3) is 0.167. The van der Waals surface area contributed by atoms with Gasteiger partial charge < -0.3 is 5.32 Å². The second-order valence-electron chi connectivity index (χ2n) is 4.12. The zero-order valence-electron chi connectivity index (χ0n) is 10.5.